The molecule has 14 heavy (non-hydrogen) atoms. The summed E-state index contributed by atoms with van der Waals surface area (Å²) < 4.78 is 4.73. The predicted molar refractivity (Wildman–Crippen MR) is 52.7 cm³/mol. The lowest BCUT2D eigenvalue weighted by Gasteiger charge is -2.02. The standard InChI is InChI=1S/C7H7BN2O3S/c11-8(12)13-5-4-9-10-7(5)6-2-1-3-14-6/h1-4,11-12H,(H,9,10). The summed E-state index contributed by atoms with van der Waals surface area (Å²) in [5.74, 6) is 0.322. The molecule has 2 rings (SSSR count). The number of hydrogen-bond acceptors (Lipinski definition) is 5. The molecule has 0 aromatic carbocycles. The van der Waals surface area contributed by atoms with E-state index in [0.717, 1.165) is 4.88 Å². The molecule has 0 bridgehead atoms. The van der Waals surface area contributed by atoms with E-state index in [-0.39, 0.29) is 0 Å². The van der Waals surface area contributed by atoms with Gasteiger partial charge in [-0.05, 0) is 11.4 Å². The van der Waals surface area contributed by atoms with Gasteiger partial charge in [0.15, 0.2) is 0 Å². The first-order valence-corrected chi connectivity index (χ1v) is 4.75. The van der Waals surface area contributed by atoms with E-state index in [2.05, 4.69) is 10.2 Å². The molecule has 2 aromatic rings. The summed E-state index contributed by atoms with van der Waals surface area (Å²) in [5, 5.41) is 25.7. The van der Waals surface area contributed by atoms with Crippen LogP contribution < -0.4 is 4.65 Å². The average molecular weight is 210 g/mol. The summed E-state index contributed by atoms with van der Waals surface area (Å²) in [6.07, 6.45) is 1.40. The van der Waals surface area contributed by atoms with Crippen LogP contribution in [0.3, 0.4) is 0 Å². The van der Waals surface area contributed by atoms with Gasteiger partial charge in [0.1, 0.15) is 11.4 Å². The molecular formula is C7H7BN2O3S. The summed E-state index contributed by atoms with van der Waals surface area (Å²) in [5.41, 5.74) is 0.646. The van der Waals surface area contributed by atoms with Gasteiger partial charge in [0.25, 0.3) is 0 Å². The Labute approximate surface area is 84.2 Å². The van der Waals surface area contributed by atoms with Crippen LogP contribution in [0.2, 0.25) is 0 Å². The van der Waals surface area contributed by atoms with Crippen LogP contribution in [0.15, 0.2) is 23.7 Å². The number of aromatic amines is 1. The van der Waals surface area contributed by atoms with Crippen LogP contribution >= 0.6 is 11.3 Å². The van der Waals surface area contributed by atoms with Crippen molar-refractivity contribution in [2.45, 2.75) is 0 Å². The van der Waals surface area contributed by atoms with Crippen molar-refractivity contribution < 1.29 is 14.7 Å². The molecule has 0 saturated heterocycles. The fourth-order valence-electron chi connectivity index (χ4n) is 1.08. The number of nitrogens with one attached hydrogen (secondary N) is 1. The topological polar surface area (TPSA) is 78.4 Å². The lowest BCUT2D eigenvalue weighted by molar-refractivity contribution is 0.288. The van der Waals surface area contributed by atoms with E-state index in [1.165, 1.54) is 17.5 Å². The minimum atomic E-state index is -1.83. The molecule has 0 fully saturated rings. The molecule has 0 radical (unpaired) electrons. The second kappa shape index (κ2) is 3.83. The van der Waals surface area contributed by atoms with E-state index in [1.807, 2.05) is 17.5 Å². The molecule has 0 atom stereocenters. The average Bonchev–Trinajstić information content (AvgIpc) is 2.70. The largest absolute Gasteiger partial charge is 0.707 e. The summed E-state index contributed by atoms with van der Waals surface area (Å²) in [6.45, 7) is 0. The van der Waals surface area contributed by atoms with E-state index >= 15 is 0 Å². The van der Waals surface area contributed by atoms with Crippen molar-refractivity contribution in [1.29, 1.82) is 0 Å². The second-order valence-electron chi connectivity index (χ2n) is 2.53. The number of hydrogen-bond donors (Lipinski definition) is 3. The number of thiophene rings is 1. The molecule has 3 N–H and O–H groups in total. The molecular weight excluding hydrogens is 203 g/mol. The zero-order chi connectivity index (χ0) is 9.97. The Bertz CT molecular complexity index is 401. The van der Waals surface area contributed by atoms with Crippen LogP contribution in [0.4, 0.5) is 0 Å². The normalized spacial score (nSPS) is 10.1. The van der Waals surface area contributed by atoms with Gasteiger partial charge in [0.2, 0.25) is 0 Å². The second-order valence-corrected chi connectivity index (χ2v) is 3.48. The van der Waals surface area contributed by atoms with Gasteiger partial charge in [0.05, 0.1) is 11.1 Å². The van der Waals surface area contributed by atoms with Crippen molar-refractivity contribution in [3.05, 3.63) is 23.7 Å². The highest BCUT2D eigenvalue weighted by Gasteiger charge is 2.17. The maximum atomic E-state index is 8.64. The molecule has 72 valence electrons. The molecule has 2 heterocycles. The molecule has 0 aliphatic heterocycles. The third-order valence-electron chi connectivity index (χ3n) is 1.60. The Kier molecular flexibility index (Phi) is 2.53. The first-order chi connectivity index (χ1) is 6.77. The highest BCUT2D eigenvalue weighted by molar-refractivity contribution is 7.13. The van der Waals surface area contributed by atoms with Crippen LogP contribution in [-0.4, -0.2) is 27.6 Å². The van der Waals surface area contributed by atoms with Crippen LogP contribution in [0.25, 0.3) is 10.6 Å². The fraction of sp³-hybridized carbons (Fsp3) is 0. The molecule has 0 aliphatic carbocycles. The van der Waals surface area contributed by atoms with Crippen LogP contribution in [0, 0.1) is 0 Å². The predicted octanol–water partition coefficient (Wildman–Crippen LogP) is 0.486. The van der Waals surface area contributed by atoms with Gasteiger partial charge in [-0.3, -0.25) is 5.10 Å². The van der Waals surface area contributed by atoms with E-state index in [1.54, 1.807) is 0 Å². The van der Waals surface area contributed by atoms with Crippen LogP contribution in [-0.2, 0) is 0 Å². The number of aromatic nitrogens is 2. The maximum Gasteiger partial charge on any atom is 0.707 e. The number of nitrogens with zero attached hydrogens (tertiary/aromatic N) is 1. The van der Waals surface area contributed by atoms with Crippen LogP contribution in [0.1, 0.15) is 0 Å². The Morgan fingerprint density at radius 1 is 1.50 bits per heavy atom. The molecule has 0 saturated carbocycles. The summed E-state index contributed by atoms with van der Waals surface area (Å²) in [7, 11) is -1.83. The van der Waals surface area contributed by atoms with Crippen molar-refractivity contribution in [2.75, 3.05) is 0 Å². The van der Waals surface area contributed by atoms with Crippen molar-refractivity contribution in [3.8, 4) is 16.3 Å². The molecule has 7 heteroatoms. The van der Waals surface area contributed by atoms with Gasteiger partial charge in [-0.15, -0.1) is 11.3 Å². The quantitative estimate of drug-likeness (QED) is 0.644. The minimum absolute atomic E-state index is 0.322. The first-order valence-electron chi connectivity index (χ1n) is 3.87. The van der Waals surface area contributed by atoms with E-state index in [4.69, 9.17) is 14.7 Å². The van der Waals surface area contributed by atoms with Gasteiger partial charge >= 0.3 is 7.32 Å². The zero-order valence-electron chi connectivity index (χ0n) is 7.04. The fourth-order valence-corrected chi connectivity index (χ4v) is 1.80. The molecule has 5 nitrogen and oxygen atoms in total. The first kappa shape index (κ1) is 9.26. The van der Waals surface area contributed by atoms with Gasteiger partial charge in [-0.2, -0.15) is 5.10 Å². The van der Waals surface area contributed by atoms with E-state index in [9.17, 15) is 0 Å². The Hall–Kier alpha value is -1.31. The Balaban J connectivity index is 2.30. The molecule has 0 spiro atoms. The summed E-state index contributed by atoms with van der Waals surface area (Å²) in [4.78, 5) is 0.929. The monoisotopic (exact) mass is 210 g/mol. The summed E-state index contributed by atoms with van der Waals surface area (Å²) in [6, 6.07) is 3.77. The SMILES string of the molecule is OB(O)Oc1cn[nH]c1-c1cccs1. The Morgan fingerprint density at radius 3 is 3.00 bits per heavy atom. The van der Waals surface area contributed by atoms with Crippen LogP contribution in [0.5, 0.6) is 5.75 Å². The number of H-pyrrole nitrogens is 1. The number of rotatable bonds is 3. The minimum Gasteiger partial charge on any atom is -0.509 e. The zero-order valence-corrected chi connectivity index (χ0v) is 7.86. The lowest BCUT2D eigenvalue weighted by atomic mass is 10.2. The maximum absolute atomic E-state index is 8.64. The molecule has 0 amide bonds. The van der Waals surface area contributed by atoms with Crippen molar-refractivity contribution >= 4 is 18.7 Å². The lowest BCUT2D eigenvalue weighted by Crippen LogP contribution is -2.20. The summed E-state index contributed by atoms with van der Waals surface area (Å²) >= 11 is 1.51. The molecule has 2 aromatic heterocycles. The highest BCUT2D eigenvalue weighted by Crippen LogP contribution is 2.30. The smallest absolute Gasteiger partial charge is 0.509 e. The third-order valence-corrected chi connectivity index (χ3v) is 2.49. The third kappa shape index (κ3) is 1.79. The van der Waals surface area contributed by atoms with Gasteiger partial charge < -0.3 is 14.7 Å². The van der Waals surface area contributed by atoms with Crippen molar-refractivity contribution in [1.82, 2.24) is 10.2 Å². The van der Waals surface area contributed by atoms with Gasteiger partial charge in [-0.25, -0.2) is 0 Å². The Morgan fingerprint density at radius 2 is 2.36 bits per heavy atom. The van der Waals surface area contributed by atoms with Crippen molar-refractivity contribution in [2.24, 2.45) is 0 Å². The molecule has 0 aliphatic rings. The van der Waals surface area contributed by atoms with E-state index in [0.29, 0.717) is 11.4 Å². The molecule has 0 unspecified atom stereocenters. The van der Waals surface area contributed by atoms with Gasteiger partial charge in [-0.1, -0.05) is 6.07 Å². The van der Waals surface area contributed by atoms with Gasteiger partial charge in [0, 0.05) is 0 Å². The highest BCUT2D eigenvalue weighted by atomic mass is 32.1. The van der Waals surface area contributed by atoms with E-state index < -0.39 is 7.32 Å². The van der Waals surface area contributed by atoms with Crippen molar-refractivity contribution in [3.63, 3.8) is 0 Å².